The number of hydrogen-bond acceptors (Lipinski definition) is 6. The van der Waals surface area contributed by atoms with E-state index in [0.717, 1.165) is 18.5 Å². The second-order valence-electron chi connectivity index (χ2n) is 10.7. The minimum absolute atomic E-state index is 0.212. The molecule has 35 heavy (non-hydrogen) atoms. The highest BCUT2D eigenvalue weighted by Crippen LogP contribution is 2.30. The van der Waals surface area contributed by atoms with Gasteiger partial charge in [0.2, 0.25) is 0 Å². The van der Waals surface area contributed by atoms with Gasteiger partial charge in [-0.2, -0.15) is 0 Å². The monoisotopic (exact) mass is 479 g/mol. The van der Waals surface area contributed by atoms with Crippen LogP contribution in [0, 0.1) is 24.6 Å². The topological polar surface area (TPSA) is 80.2 Å². The lowest BCUT2D eigenvalue weighted by Crippen LogP contribution is -2.39. The van der Waals surface area contributed by atoms with E-state index >= 15 is 0 Å². The lowest BCUT2D eigenvalue weighted by Gasteiger charge is -2.36. The van der Waals surface area contributed by atoms with Crippen LogP contribution in [0.4, 0.5) is 15.0 Å². The molecular formula is C27H34FN5O2. The normalized spacial score (nSPS) is 18.5. The molecule has 1 aliphatic rings. The van der Waals surface area contributed by atoms with Gasteiger partial charge in [0.15, 0.2) is 0 Å². The first-order valence-electron chi connectivity index (χ1n) is 12.1. The van der Waals surface area contributed by atoms with E-state index in [1.807, 2.05) is 39.0 Å². The largest absolute Gasteiger partial charge is 0.444 e. The number of anilines is 1. The highest BCUT2D eigenvalue weighted by atomic mass is 19.1. The van der Waals surface area contributed by atoms with Gasteiger partial charge in [0.1, 0.15) is 17.2 Å². The quantitative estimate of drug-likeness (QED) is 0.521. The number of pyridine rings is 3. The van der Waals surface area contributed by atoms with Gasteiger partial charge in [0, 0.05) is 36.3 Å². The fourth-order valence-electron chi connectivity index (χ4n) is 4.59. The van der Waals surface area contributed by atoms with E-state index in [2.05, 4.69) is 29.0 Å². The van der Waals surface area contributed by atoms with Gasteiger partial charge >= 0.3 is 6.09 Å². The third-order valence-corrected chi connectivity index (χ3v) is 6.07. The molecule has 3 aromatic heterocycles. The number of carbonyl (C=O) groups excluding carboxylic acids is 1. The summed E-state index contributed by atoms with van der Waals surface area (Å²) in [6, 6.07) is 7.11. The van der Waals surface area contributed by atoms with Gasteiger partial charge in [0.05, 0.1) is 29.1 Å². The Morgan fingerprint density at radius 1 is 1.17 bits per heavy atom. The van der Waals surface area contributed by atoms with Crippen molar-refractivity contribution in [1.29, 1.82) is 0 Å². The molecule has 3 aromatic rings. The molecule has 0 aromatic carbocycles. The third-order valence-electron chi connectivity index (χ3n) is 6.07. The number of rotatable bonds is 4. The summed E-state index contributed by atoms with van der Waals surface area (Å²) in [6.07, 6.45) is 2.38. The lowest BCUT2D eigenvalue weighted by molar-refractivity contribution is 0.0523. The molecule has 1 unspecified atom stereocenters. The van der Waals surface area contributed by atoms with Gasteiger partial charge in [-0.1, -0.05) is 13.8 Å². The summed E-state index contributed by atoms with van der Waals surface area (Å²) in [6.45, 7) is 13.6. The first-order chi connectivity index (χ1) is 16.5. The van der Waals surface area contributed by atoms with Crippen molar-refractivity contribution >= 4 is 22.8 Å². The number of halogens is 1. The zero-order chi connectivity index (χ0) is 25.3. The van der Waals surface area contributed by atoms with Gasteiger partial charge in [-0.25, -0.2) is 19.2 Å². The summed E-state index contributed by atoms with van der Waals surface area (Å²) in [7, 11) is 0. The number of nitrogens with one attached hydrogen (secondary N) is 1. The number of amides is 1. The van der Waals surface area contributed by atoms with Gasteiger partial charge in [-0.05, 0) is 64.2 Å². The number of alkyl carbamates (subject to hydrolysis) is 1. The number of hydrogen-bond donors (Lipinski definition) is 1. The van der Waals surface area contributed by atoms with E-state index in [9.17, 15) is 9.18 Å². The minimum atomic E-state index is -0.573. The molecule has 1 aliphatic heterocycles. The van der Waals surface area contributed by atoms with E-state index in [1.54, 1.807) is 13.1 Å². The molecule has 0 saturated carbocycles. The SMILES string of the molecule is Cc1c(F)cc(N2CC(C)C[C@H](C)C2)nc1-c1ccc2cnc(CNC(=O)OC(C)(C)C)cc2n1. The van der Waals surface area contributed by atoms with Crippen molar-refractivity contribution in [3.8, 4) is 11.4 Å². The zero-order valence-electron chi connectivity index (χ0n) is 21.4. The summed E-state index contributed by atoms with van der Waals surface area (Å²) in [5.41, 5.74) is 2.39. The van der Waals surface area contributed by atoms with E-state index in [1.165, 1.54) is 12.5 Å². The number of nitrogens with zero attached hydrogens (tertiary/aromatic N) is 4. The Hall–Kier alpha value is -3.29. The van der Waals surface area contributed by atoms with Crippen molar-refractivity contribution in [2.45, 2.75) is 60.1 Å². The van der Waals surface area contributed by atoms with Crippen LogP contribution in [-0.2, 0) is 11.3 Å². The average molecular weight is 480 g/mol. The summed E-state index contributed by atoms with van der Waals surface area (Å²) in [5, 5.41) is 3.56. The molecule has 1 fully saturated rings. The molecule has 186 valence electrons. The number of fused-ring (bicyclic) bond motifs is 1. The number of carbonyl (C=O) groups is 1. The molecule has 8 heteroatoms. The molecule has 0 radical (unpaired) electrons. The van der Waals surface area contributed by atoms with Crippen LogP contribution >= 0.6 is 0 Å². The van der Waals surface area contributed by atoms with Gasteiger partial charge < -0.3 is 15.0 Å². The Labute approximate surface area is 206 Å². The highest BCUT2D eigenvalue weighted by molar-refractivity contribution is 5.81. The Bertz CT molecular complexity index is 1230. The fourth-order valence-corrected chi connectivity index (χ4v) is 4.59. The smallest absolute Gasteiger partial charge is 0.407 e. The third kappa shape index (κ3) is 6.05. The number of ether oxygens (including phenoxy) is 1. The maximum absolute atomic E-state index is 15.0. The summed E-state index contributed by atoms with van der Waals surface area (Å²) in [5.74, 6) is 1.44. The van der Waals surface area contributed by atoms with Crippen LogP contribution in [0.25, 0.3) is 22.3 Å². The second kappa shape index (κ2) is 9.76. The number of piperidine rings is 1. The summed E-state index contributed by atoms with van der Waals surface area (Å²) < 4.78 is 20.3. The van der Waals surface area contributed by atoms with Gasteiger partial charge in [0.25, 0.3) is 0 Å². The van der Waals surface area contributed by atoms with Crippen molar-refractivity contribution in [1.82, 2.24) is 20.3 Å². The molecule has 0 bridgehead atoms. The maximum atomic E-state index is 15.0. The molecule has 1 saturated heterocycles. The standard InChI is InChI=1S/C27H34FN5O2/c1-16-9-17(2)15-33(14-16)24-11-21(28)18(3)25(32-24)22-8-7-19-12-29-20(10-23(19)31-22)13-30-26(34)35-27(4,5)6/h7-8,10-12,16-17H,9,13-15H2,1-6H3,(H,30,34)/t16-,17?/m0/s1. The average Bonchev–Trinajstić information content (AvgIpc) is 2.77. The minimum Gasteiger partial charge on any atom is -0.444 e. The van der Waals surface area contributed by atoms with E-state index in [4.69, 9.17) is 14.7 Å². The predicted octanol–water partition coefficient (Wildman–Crippen LogP) is 5.65. The lowest BCUT2D eigenvalue weighted by atomic mass is 9.92. The number of aromatic nitrogens is 3. The summed E-state index contributed by atoms with van der Waals surface area (Å²) >= 11 is 0. The van der Waals surface area contributed by atoms with Crippen LogP contribution in [-0.4, -0.2) is 39.7 Å². The van der Waals surface area contributed by atoms with Crippen LogP contribution in [0.1, 0.15) is 52.3 Å². The fraction of sp³-hybridized carbons (Fsp3) is 0.481. The second-order valence-corrected chi connectivity index (χ2v) is 10.7. The van der Waals surface area contributed by atoms with Gasteiger partial charge in [-0.15, -0.1) is 0 Å². The molecule has 0 spiro atoms. The Morgan fingerprint density at radius 3 is 2.57 bits per heavy atom. The van der Waals surface area contributed by atoms with E-state index in [0.29, 0.717) is 45.8 Å². The molecule has 1 N–H and O–H groups in total. The van der Waals surface area contributed by atoms with Crippen molar-refractivity contribution in [3.05, 3.63) is 47.5 Å². The van der Waals surface area contributed by atoms with Crippen LogP contribution in [0.2, 0.25) is 0 Å². The highest BCUT2D eigenvalue weighted by Gasteiger charge is 2.24. The van der Waals surface area contributed by atoms with Crippen LogP contribution in [0.5, 0.6) is 0 Å². The molecule has 4 heterocycles. The predicted molar refractivity (Wildman–Crippen MR) is 136 cm³/mol. The van der Waals surface area contributed by atoms with Gasteiger partial charge in [-0.3, -0.25) is 4.98 Å². The van der Waals surface area contributed by atoms with Crippen molar-refractivity contribution in [2.24, 2.45) is 11.8 Å². The maximum Gasteiger partial charge on any atom is 0.407 e. The first-order valence-corrected chi connectivity index (χ1v) is 12.1. The van der Waals surface area contributed by atoms with Crippen LogP contribution in [0.15, 0.2) is 30.5 Å². The zero-order valence-corrected chi connectivity index (χ0v) is 21.4. The molecule has 1 amide bonds. The molecule has 4 rings (SSSR count). The first kappa shape index (κ1) is 24.8. The van der Waals surface area contributed by atoms with Crippen LogP contribution in [0.3, 0.4) is 0 Å². The van der Waals surface area contributed by atoms with Crippen molar-refractivity contribution in [3.63, 3.8) is 0 Å². The van der Waals surface area contributed by atoms with E-state index < -0.39 is 11.7 Å². The van der Waals surface area contributed by atoms with Crippen LogP contribution < -0.4 is 10.2 Å². The van der Waals surface area contributed by atoms with Crippen molar-refractivity contribution in [2.75, 3.05) is 18.0 Å². The molecule has 0 aliphatic carbocycles. The Kier molecular flexibility index (Phi) is 6.92. The van der Waals surface area contributed by atoms with Crippen molar-refractivity contribution < 1.29 is 13.9 Å². The Balaban J connectivity index is 1.62. The summed E-state index contributed by atoms with van der Waals surface area (Å²) in [4.78, 5) is 28.2. The van der Waals surface area contributed by atoms with E-state index in [-0.39, 0.29) is 12.4 Å². The molecular weight excluding hydrogens is 445 g/mol. The Morgan fingerprint density at radius 2 is 1.89 bits per heavy atom. The molecule has 2 atom stereocenters. The molecule has 7 nitrogen and oxygen atoms in total.